The third kappa shape index (κ3) is 2.60. The van der Waals surface area contributed by atoms with E-state index >= 15 is 0 Å². The van der Waals surface area contributed by atoms with Gasteiger partial charge >= 0.3 is 5.69 Å². The van der Waals surface area contributed by atoms with Crippen molar-refractivity contribution in [2.45, 2.75) is 6.92 Å². The number of hydrogen-bond donors (Lipinski definition) is 2. The monoisotopic (exact) mass is 284 g/mol. The van der Waals surface area contributed by atoms with Crippen LogP contribution in [0.4, 0.5) is 5.82 Å². The van der Waals surface area contributed by atoms with Crippen molar-refractivity contribution in [2.24, 2.45) is 5.10 Å². The highest BCUT2D eigenvalue weighted by Crippen LogP contribution is 2.23. The molecule has 0 aliphatic carbocycles. The summed E-state index contributed by atoms with van der Waals surface area (Å²) in [6.07, 6.45) is 1.70. The summed E-state index contributed by atoms with van der Waals surface area (Å²) in [6, 6.07) is 9.84. The van der Waals surface area contributed by atoms with E-state index in [9.17, 15) is 4.79 Å². The lowest BCUT2D eigenvalue weighted by atomic mass is 10.2. The van der Waals surface area contributed by atoms with E-state index in [0.29, 0.717) is 5.82 Å². The number of rotatable bonds is 3. The number of benzene rings is 1. The number of H-pyrrole nitrogens is 1. The predicted octanol–water partition coefficient (Wildman–Crippen LogP) is 2.74. The molecule has 3 rings (SSSR count). The summed E-state index contributed by atoms with van der Waals surface area (Å²) in [6.45, 7) is 2.03. The van der Waals surface area contributed by atoms with Gasteiger partial charge in [0, 0.05) is 0 Å². The maximum atomic E-state index is 11.4. The van der Waals surface area contributed by atoms with Crippen molar-refractivity contribution in [1.29, 1.82) is 0 Å². The lowest BCUT2D eigenvalue weighted by Crippen LogP contribution is -2.11. The highest BCUT2D eigenvalue weighted by molar-refractivity contribution is 7.17. The number of aromatic nitrogens is 2. The smallest absolute Gasteiger partial charge is 0.304 e. The molecule has 5 nitrogen and oxygen atoms in total. The van der Waals surface area contributed by atoms with E-state index in [1.165, 1.54) is 16.9 Å². The molecule has 2 heterocycles. The Bertz CT molecular complexity index is 817. The molecule has 0 radical (unpaired) electrons. The maximum absolute atomic E-state index is 11.4. The molecular weight excluding hydrogens is 272 g/mol. The van der Waals surface area contributed by atoms with Crippen LogP contribution in [0.15, 0.2) is 45.6 Å². The number of anilines is 1. The number of thiophene rings is 1. The Labute approximate surface area is 119 Å². The van der Waals surface area contributed by atoms with Crippen molar-refractivity contribution in [2.75, 3.05) is 5.43 Å². The Morgan fingerprint density at radius 1 is 1.30 bits per heavy atom. The van der Waals surface area contributed by atoms with Crippen LogP contribution in [0.3, 0.4) is 0 Å². The van der Waals surface area contributed by atoms with E-state index in [0.717, 1.165) is 15.8 Å². The molecule has 0 atom stereocenters. The number of hydrazone groups is 1. The summed E-state index contributed by atoms with van der Waals surface area (Å²) < 4.78 is 0.880. The second-order valence-corrected chi connectivity index (χ2v) is 5.25. The van der Waals surface area contributed by atoms with Gasteiger partial charge in [0.2, 0.25) is 0 Å². The topological polar surface area (TPSA) is 70.1 Å². The largest absolute Gasteiger partial charge is 0.347 e. The van der Waals surface area contributed by atoms with Gasteiger partial charge in [-0.1, -0.05) is 29.8 Å². The van der Waals surface area contributed by atoms with Crippen LogP contribution >= 0.6 is 11.3 Å². The lowest BCUT2D eigenvalue weighted by molar-refractivity contribution is 1.11. The molecule has 2 N–H and O–H groups in total. The van der Waals surface area contributed by atoms with E-state index in [-0.39, 0.29) is 5.69 Å². The Morgan fingerprint density at radius 2 is 2.10 bits per heavy atom. The first-order valence-electron chi connectivity index (χ1n) is 6.06. The quantitative estimate of drug-likeness (QED) is 0.574. The molecule has 6 heteroatoms. The van der Waals surface area contributed by atoms with Gasteiger partial charge in [0.1, 0.15) is 0 Å². The summed E-state index contributed by atoms with van der Waals surface area (Å²) in [5, 5.41) is 6.03. The fraction of sp³-hybridized carbons (Fsp3) is 0.0714. The molecule has 0 amide bonds. The van der Waals surface area contributed by atoms with Crippen molar-refractivity contribution in [3.05, 3.63) is 57.3 Å². The van der Waals surface area contributed by atoms with Gasteiger partial charge in [-0.15, -0.1) is 11.3 Å². The van der Waals surface area contributed by atoms with Crippen LogP contribution in [0.2, 0.25) is 0 Å². The molecule has 0 fully saturated rings. The molecule has 0 spiro atoms. The minimum atomic E-state index is -0.385. The Balaban J connectivity index is 1.84. The normalized spacial score (nSPS) is 11.2. The average molecular weight is 284 g/mol. The van der Waals surface area contributed by atoms with Gasteiger partial charge in [-0.3, -0.25) is 5.43 Å². The lowest BCUT2D eigenvalue weighted by Gasteiger charge is -2.00. The van der Waals surface area contributed by atoms with Crippen LogP contribution in [0, 0.1) is 6.92 Å². The minimum absolute atomic E-state index is 0.385. The fourth-order valence-corrected chi connectivity index (χ4v) is 2.57. The molecule has 0 saturated heterocycles. The van der Waals surface area contributed by atoms with Crippen molar-refractivity contribution in [3.8, 4) is 0 Å². The fourth-order valence-electron chi connectivity index (χ4n) is 1.78. The molecule has 0 unspecified atom stereocenters. The molecule has 0 bridgehead atoms. The Kier molecular flexibility index (Phi) is 3.30. The van der Waals surface area contributed by atoms with Gasteiger partial charge in [-0.2, -0.15) is 10.1 Å². The Morgan fingerprint density at radius 3 is 2.90 bits per heavy atom. The predicted molar refractivity (Wildman–Crippen MR) is 82.6 cm³/mol. The first kappa shape index (κ1) is 12.6. The number of fused-ring (bicyclic) bond motifs is 1. The molecule has 100 valence electrons. The van der Waals surface area contributed by atoms with Crippen molar-refractivity contribution >= 4 is 33.6 Å². The van der Waals surface area contributed by atoms with E-state index < -0.39 is 0 Å². The molecule has 20 heavy (non-hydrogen) atoms. The highest BCUT2D eigenvalue weighted by atomic mass is 32.1. The Hall–Kier alpha value is -2.47. The summed E-state index contributed by atoms with van der Waals surface area (Å²) in [7, 11) is 0. The maximum Gasteiger partial charge on any atom is 0.347 e. The summed E-state index contributed by atoms with van der Waals surface area (Å²) in [4.78, 5) is 18.0. The zero-order valence-corrected chi connectivity index (χ0v) is 11.6. The molecule has 1 aromatic carbocycles. The van der Waals surface area contributed by atoms with Crippen molar-refractivity contribution in [1.82, 2.24) is 9.97 Å². The molecular formula is C14H12N4OS. The van der Waals surface area contributed by atoms with Crippen LogP contribution < -0.4 is 11.1 Å². The van der Waals surface area contributed by atoms with E-state index in [2.05, 4.69) is 20.5 Å². The molecule has 0 saturated carbocycles. The van der Waals surface area contributed by atoms with Gasteiger partial charge in [-0.25, -0.2) is 4.79 Å². The SMILES string of the molecule is Cc1ccc(/C=N/Nc2nc(=O)[nH]c3ccsc23)cc1. The number of aromatic amines is 1. The van der Waals surface area contributed by atoms with Crippen molar-refractivity contribution < 1.29 is 0 Å². The minimum Gasteiger partial charge on any atom is -0.304 e. The number of nitrogens with zero attached hydrogens (tertiary/aromatic N) is 2. The second kappa shape index (κ2) is 5.26. The van der Waals surface area contributed by atoms with Crippen LogP contribution in [-0.4, -0.2) is 16.2 Å². The molecule has 2 aromatic heterocycles. The van der Waals surface area contributed by atoms with Crippen LogP contribution in [-0.2, 0) is 0 Å². The first-order valence-corrected chi connectivity index (χ1v) is 6.93. The zero-order valence-electron chi connectivity index (χ0n) is 10.8. The van der Waals surface area contributed by atoms with Crippen molar-refractivity contribution in [3.63, 3.8) is 0 Å². The van der Waals surface area contributed by atoms with Crippen LogP contribution in [0.5, 0.6) is 0 Å². The number of nitrogens with one attached hydrogen (secondary N) is 2. The molecule has 3 aromatic rings. The third-order valence-corrected chi connectivity index (χ3v) is 3.72. The number of aryl methyl sites for hydroxylation is 1. The van der Waals surface area contributed by atoms with Gasteiger partial charge in [0.25, 0.3) is 0 Å². The highest BCUT2D eigenvalue weighted by Gasteiger charge is 2.04. The van der Waals surface area contributed by atoms with Gasteiger partial charge < -0.3 is 4.98 Å². The average Bonchev–Trinajstić information content (AvgIpc) is 2.89. The van der Waals surface area contributed by atoms with Gasteiger partial charge in [0.05, 0.1) is 16.4 Å². The van der Waals surface area contributed by atoms with Crippen LogP contribution in [0.25, 0.3) is 10.2 Å². The number of hydrogen-bond acceptors (Lipinski definition) is 5. The van der Waals surface area contributed by atoms with Gasteiger partial charge in [0.15, 0.2) is 5.82 Å². The van der Waals surface area contributed by atoms with Gasteiger partial charge in [-0.05, 0) is 23.9 Å². The summed E-state index contributed by atoms with van der Waals surface area (Å²) in [5.41, 5.74) is 5.39. The zero-order chi connectivity index (χ0) is 13.9. The van der Waals surface area contributed by atoms with E-state index in [1.807, 2.05) is 42.6 Å². The first-order chi connectivity index (χ1) is 9.72. The molecule has 0 aliphatic heterocycles. The summed E-state index contributed by atoms with van der Waals surface area (Å²) >= 11 is 1.50. The standard InChI is InChI=1S/C14H12N4OS/c1-9-2-4-10(5-3-9)8-15-18-13-12-11(6-7-20-12)16-14(19)17-13/h2-8H,1H3,(H2,16,17,18,19)/b15-8+. The third-order valence-electron chi connectivity index (χ3n) is 2.80. The molecule has 0 aliphatic rings. The van der Waals surface area contributed by atoms with E-state index in [1.54, 1.807) is 6.21 Å². The van der Waals surface area contributed by atoms with E-state index in [4.69, 9.17) is 0 Å². The van der Waals surface area contributed by atoms with Crippen LogP contribution in [0.1, 0.15) is 11.1 Å². The second-order valence-electron chi connectivity index (χ2n) is 4.33. The summed E-state index contributed by atoms with van der Waals surface area (Å²) in [5.74, 6) is 0.474.